The molecule has 1 aliphatic rings. The Morgan fingerprint density at radius 2 is 2.03 bits per heavy atom. The highest BCUT2D eigenvalue weighted by Gasteiger charge is 2.33. The molecule has 0 amide bonds. The summed E-state index contributed by atoms with van der Waals surface area (Å²) >= 11 is 1.57. The molecule has 29 heavy (non-hydrogen) atoms. The maximum Gasteiger partial charge on any atom is 0.374 e. The van der Waals surface area contributed by atoms with Crippen molar-refractivity contribution in [2.24, 2.45) is 0 Å². The van der Waals surface area contributed by atoms with Gasteiger partial charge >= 0.3 is 5.97 Å². The summed E-state index contributed by atoms with van der Waals surface area (Å²) in [6, 6.07) is 13.8. The van der Waals surface area contributed by atoms with Crippen LogP contribution in [0, 0.1) is 0 Å². The van der Waals surface area contributed by atoms with Gasteiger partial charge in [0.05, 0.1) is 30.3 Å². The molecule has 2 aromatic heterocycles. The Kier molecular flexibility index (Phi) is 4.21. The molecule has 1 aliphatic heterocycles. The third-order valence-corrected chi connectivity index (χ3v) is 5.90. The number of hydrogen-bond donors (Lipinski definition) is 0. The molecule has 2 aromatic carbocycles. The van der Waals surface area contributed by atoms with Crippen molar-refractivity contribution in [3.8, 4) is 5.75 Å². The summed E-state index contributed by atoms with van der Waals surface area (Å²) in [6.07, 6.45) is -0.284. The monoisotopic (exact) mass is 408 g/mol. The van der Waals surface area contributed by atoms with Gasteiger partial charge in [-0.25, -0.2) is 9.78 Å². The van der Waals surface area contributed by atoms with E-state index in [0.29, 0.717) is 24.1 Å². The third kappa shape index (κ3) is 3.11. The second kappa shape index (κ2) is 6.89. The number of carbonyl (C=O) groups is 1. The highest BCUT2D eigenvalue weighted by atomic mass is 32.1. The van der Waals surface area contributed by atoms with E-state index in [1.165, 1.54) is 6.07 Å². The number of rotatable bonds is 4. The van der Waals surface area contributed by atoms with E-state index in [1.54, 1.807) is 42.7 Å². The molecule has 0 aliphatic carbocycles. The molecule has 3 heterocycles. The molecule has 0 bridgehead atoms. The normalized spacial score (nSPS) is 14.2. The minimum Gasteiger partial charge on any atom is -0.494 e. The SMILES string of the molecule is COc1cccc2sc(N3CC(OC(=O)c4cc(=O)c5ccccc5o4)C3)nc12. The van der Waals surface area contributed by atoms with E-state index in [9.17, 15) is 9.59 Å². The average molecular weight is 408 g/mol. The van der Waals surface area contributed by atoms with Crippen molar-refractivity contribution in [1.82, 2.24) is 4.98 Å². The van der Waals surface area contributed by atoms with Crippen LogP contribution in [0.15, 0.2) is 57.7 Å². The fraction of sp³-hybridized carbons (Fsp3) is 0.190. The molecular formula is C21H16N2O5S. The number of anilines is 1. The van der Waals surface area contributed by atoms with Gasteiger partial charge in [0.15, 0.2) is 10.6 Å². The van der Waals surface area contributed by atoms with Gasteiger partial charge < -0.3 is 18.8 Å². The van der Waals surface area contributed by atoms with Crippen LogP contribution in [0.5, 0.6) is 5.75 Å². The Labute approximate surface area is 169 Å². The molecule has 1 fully saturated rings. The maximum absolute atomic E-state index is 12.4. The van der Waals surface area contributed by atoms with Crippen molar-refractivity contribution in [2.75, 3.05) is 25.1 Å². The molecule has 0 saturated carbocycles. The molecule has 0 atom stereocenters. The minimum absolute atomic E-state index is 0.0862. The number of fused-ring (bicyclic) bond motifs is 2. The summed E-state index contributed by atoms with van der Waals surface area (Å²) in [6.45, 7) is 1.07. The molecule has 0 unspecified atom stereocenters. The number of hydrogen-bond acceptors (Lipinski definition) is 8. The number of aromatic nitrogens is 1. The zero-order valence-electron chi connectivity index (χ0n) is 15.5. The fourth-order valence-corrected chi connectivity index (χ4v) is 4.30. The summed E-state index contributed by atoms with van der Waals surface area (Å²) in [5.41, 5.74) is 0.927. The van der Waals surface area contributed by atoms with Gasteiger partial charge in [0.25, 0.3) is 0 Å². The third-order valence-electron chi connectivity index (χ3n) is 4.82. The Morgan fingerprint density at radius 3 is 2.86 bits per heavy atom. The molecule has 8 heteroatoms. The predicted octanol–water partition coefficient (Wildman–Crippen LogP) is 3.46. The molecule has 1 saturated heterocycles. The van der Waals surface area contributed by atoms with Crippen LogP contribution in [0.2, 0.25) is 0 Å². The first-order valence-corrected chi connectivity index (χ1v) is 9.86. The van der Waals surface area contributed by atoms with Gasteiger partial charge in [-0.3, -0.25) is 4.79 Å². The molecule has 146 valence electrons. The molecule has 0 radical (unpaired) electrons. The lowest BCUT2D eigenvalue weighted by molar-refractivity contribution is 0.0200. The van der Waals surface area contributed by atoms with Gasteiger partial charge in [-0.2, -0.15) is 0 Å². The number of nitrogens with zero attached hydrogens (tertiary/aromatic N) is 2. The van der Waals surface area contributed by atoms with E-state index in [-0.39, 0.29) is 17.3 Å². The molecular weight excluding hydrogens is 392 g/mol. The van der Waals surface area contributed by atoms with E-state index in [0.717, 1.165) is 21.1 Å². The largest absolute Gasteiger partial charge is 0.494 e. The first-order chi connectivity index (χ1) is 14.1. The van der Waals surface area contributed by atoms with Gasteiger partial charge in [0.2, 0.25) is 5.76 Å². The molecule has 0 spiro atoms. The average Bonchev–Trinajstić information content (AvgIpc) is 3.13. The first kappa shape index (κ1) is 17.7. The topological polar surface area (TPSA) is 81.9 Å². The van der Waals surface area contributed by atoms with E-state index in [2.05, 4.69) is 4.98 Å². The smallest absolute Gasteiger partial charge is 0.374 e. The highest BCUT2D eigenvalue weighted by molar-refractivity contribution is 7.22. The molecule has 4 aromatic rings. The lowest BCUT2D eigenvalue weighted by Crippen LogP contribution is -2.53. The van der Waals surface area contributed by atoms with Crippen LogP contribution in [0.25, 0.3) is 21.2 Å². The van der Waals surface area contributed by atoms with E-state index >= 15 is 0 Å². The van der Waals surface area contributed by atoms with Crippen LogP contribution in [0.4, 0.5) is 5.13 Å². The second-order valence-electron chi connectivity index (χ2n) is 6.71. The van der Waals surface area contributed by atoms with Crippen molar-refractivity contribution < 1.29 is 18.7 Å². The number of para-hydroxylation sites is 2. The van der Waals surface area contributed by atoms with E-state index < -0.39 is 5.97 Å². The van der Waals surface area contributed by atoms with Crippen molar-refractivity contribution in [1.29, 1.82) is 0 Å². The van der Waals surface area contributed by atoms with Gasteiger partial charge in [0.1, 0.15) is 23.0 Å². The number of carbonyl (C=O) groups excluding carboxylic acids is 1. The highest BCUT2D eigenvalue weighted by Crippen LogP contribution is 2.36. The van der Waals surface area contributed by atoms with Crippen LogP contribution >= 0.6 is 11.3 Å². The number of ether oxygens (including phenoxy) is 2. The van der Waals surface area contributed by atoms with Crippen molar-refractivity contribution in [3.63, 3.8) is 0 Å². The Bertz CT molecular complexity index is 1290. The standard InChI is InChI=1S/C21H16N2O5S/c1-26-16-7-4-8-18-19(16)22-21(29-18)23-10-12(11-23)27-20(25)17-9-14(24)13-5-2-3-6-15(13)28-17/h2-9,12H,10-11H2,1H3. The van der Waals surface area contributed by atoms with E-state index in [4.69, 9.17) is 13.9 Å². The zero-order chi connectivity index (χ0) is 20.0. The van der Waals surface area contributed by atoms with Crippen LogP contribution in [0.3, 0.4) is 0 Å². The molecule has 7 nitrogen and oxygen atoms in total. The van der Waals surface area contributed by atoms with Crippen LogP contribution in [-0.2, 0) is 4.74 Å². The first-order valence-electron chi connectivity index (χ1n) is 9.05. The van der Waals surface area contributed by atoms with Crippen LogP contribution < -0.4 is 15.1 Å². The fourth-order valence-electron chi connectivity index (χ4n) is 3.29. The summed E-state index contributed by atoms with van der Waals surface area (Å²) < 4.78 is 17.4. The van der Waals surface area contributed by atoms with Gasteiger partial charge in [0, 0.05) is 6.07 Å². The van der Waals surface area contributed by atoms with Crippen molar-refractivity contribution in [2.45, 2.75) is 6.10 Å². The summed E-state index contributed by atoms with van der Waals surface area (Å²) in [5, 5.41) is 1.29. The number of thiazole rings is 1. The van der Waals surface area contributed by atoms with Crippen LogP contribution in [-0.4, -0.2) is 37.3 Å². The predicted molar refractivity (Wildman–Crippen MR) is 110 cm³/mol. The summed E-state index contributed by atoms with van der Waals surface area (Å²) in [4.78, 5) is 31.2. The molecule has 0 N–H and O–H groups in total. The number of esters is 1. The van der Waals surface area contributed by atoms with Gasteiger partial charge in [-0.15, -0.1) is 0 Å². The Hall–Kier alpha value is -3.39. The Morgan fingerprint density at radius 1 is 1.21 bits per heavy atom. The zero-order valence-corrected chi connectivity index (χ0v) is 16.3. The number of benzene rings is 2. The second-order valence-corrected chi connectivity index (χ2v) is 7.72. The lowest BCUT2D eigenvalue weighted by Gasteiger charge is -2.37. The van der Waals surface area contributed by atoms with E-state index in [1.807, 2.05) is 23.1 Å². The van der Waals surface area contributed by atoms with Crippen molar-refractivity contribution in [3.05, 3.63) is 64.5 Å². The summed E-state index contributed by atoms with van der Waals surface area (Å²) in [7, 11) is 1.62. The van der Waals surface area contributed by atoms with Gasteiger partial charge in [-0.1, -0.05) is 29.5 Å². The van der Waals surface area contributed by atoms with Gasteiger partial charge in [-0.05, 0) is 24.3 Å². The molecule has 5 rings (SSSR count). The Balaban J connectivity index is 1.28. The quantitative estimate of drug-likeness (QED) is 0.478. The van der Waals surface area contributed by atoms with Crippen molar-refractivity contribution >= 4 is 43.6 Å². The van der Waals surface area contributed by atoms with Crippen LogP contribution in [0.1, 0.15) is 10.6 Å². The lowest BCUT2D eigenvalue weighted by atomic mass is 10.2. The maximum atomic E-state index is 12.4. The minimum atomic E-state index is -0.636. The number of methoxy groups -OCH3 is 1. The summed E-state index contributed by atoms with van der Waals surface area (Å²) in [5.74, 6) is 0.0141.